The van der Waals surface area contributed by atoms with Crippen molar-refractivity contribution in [2.24, 2.45) is 5.92 Å². The summed E-state index contributed by atoms with van der Waals surface area (Å²) in [7, 11) is 4.13. The van der Waals surface area contributed by atoms with E-state index < -0.39 is 0 Å². The summed E-state index contributed by atoms with van der Waals surface area (Å²) >= 11 is 0. The Morgan fingerprint density at radius 1 is 1.10 bits per heavy atom. The Morgan fingerprint density at radius 3 is 2.40 bits per heavy atom. The molecule has 1 aromatic rings. The van der Waals surface area contributed by atoms with Gasteiger partial charge in [0.1, 0.15) is 0 Å². The molecule has 0 amide bonds. The molecule has 0 aliphatic carbocycles. The maximum atomic E-state index is 5.63. The van der Waals surface area contributed by atoms with Crippen molar-refractivity contribution in [1.29, 1.82) is 0 Å². The van der Waals surface area contributed by atoms with Gasteiger partial charge in [0, 0.05) is 19.1 Å². The van der Waals surface area contributed by atoms with Gasteiger partial charge in [0.25, 0.3) is 0 Å². The van der Waals surface area contributed by atoms with E-state index in [-0.39, 0.29) is 0 Å². The molecule has 0 heterocycles. The first-order valence-electron chi connectivity index (χ1n) is 7.60. The van der Waals surface area contributed by atoms with E-state index in [0.29, 0.717) is 12.0 Å². The third-order valence-electron chi connectivity index (χ3n) is 3.23. The maximum absolute atomic E-state index is 5.63. The summed E-state index contributed by atoms with van der Waals surface area (Å²) in [5.41, 5.74) is 1.37. The molecule has 1 aromatic carbocycles. The fourth-order valence-corrected chi connectivity index (χ4v) is 2.15. The van der Waals surface area contributed by atoms with E-state index in [1.807, 2.05) is 0 Å². The summed E-state index contributed by atoms with van der Waals surface area (Å²) in [4.78, 5) is 2.14. The Labute approximate surface area is 124 Å². The zero-order valence-corrected chi connectivity index (χ0v) is 13.4. The van der Waals surface area contributed by atoms with Crippen molar-refractivity contribution >= 4 is 0 Å². The largest absolute Gasteiger partial charge is 0.379 e. The van der Waals surface area contributed by atoms with Crippen molar-refractivity contribution in [3.8, 4) is 0 Å². The molecule has 20 heavy (non-hydrogen) atoms. The predicted octanol–water partition coefficient (Wildman–Crippen LogP) is 2.94. The highest BCUT2D eigenvalue weighted by atomic mass is 16.5. The van der Waals surface area contributed by atoms with Crippen molar-refractivity contribution in [3.05, 3.63) is 35.9 Å². The van der Waals surface area contributed by atoms with Gasteiger partial charge in [-0.2, -0.15) is 0 Å². The van der Waals surface area contributed by atoms with Crippen molar-refractivity contribution in [2.45, 2.75) is 26.3 Å². The zero-order valence-electron chi connectivity index (χ0n) is 13.4. The van der Waals surface area contributed by atoms with Crippen LogP contribution in [0, 0.1) is 5.92 Å². The number of nitrogens with zero attached hydrogens (tertiary/aromatic N) is 1. The van der Waals surface area contributed by atoms with Crippen molar-refractivity contribution < 1.29 is 4.74 Å². The average Bonchev–Trinajstić information content (AvgIpc) is 2.41. The molecule has 0 aromatic heterocycles. The zero-order chi connectivity index (χ0) is 14.8. The first-order valence-corrected chi connectivity index (χ1v) is 7.60. The molecule has 1 unspecified atom stereocenters. The van der Waals surface area contributed by atoms with Crippen LogP contribution < -0.4 is 5.32 Å². The van der Waals surface area contributed by atoms with Crippen LogP contribution in [-0.4, -0.2) is 45.3 Å². The first kappa shape index (κ1) is 17.2. The Hall–Kier alpha value is -0.900. The second-order valence-corrected chi connectivity index (χ2v) is 5.96. The highest BCUT2D eigenvalue weighted by molar-refractivity contribution is 5.18. The molecular weight excluding hydrogens is 248 g/mol. The number of benzene rings is 1. The normalized spacial score (nSPS) is 13.1. The van der Waals surface area contributed by atoms with Crippen LogP contribution in [0.4, 0.5) is 0 Å². The van der Waals surface area contributed by atoms with Gasteiger partial charge in [-0.3, -0.25) is 0 Å². The van der Waals surface area contributed by atoms with Gasteiger partial charge in [0.2, 0.25) is 0 Å². The quantitative estimate of drug-likeness (QED) is 0.666. The average molecular weight is 278 g/mol. The molecular formula is C17H30N2O. The number of likely N-dealkylation sites (N-methyl/N-ethyl adjacent to an activating group) is 1. The van der Waals surface area contributed by atoms with E-state index in [1.54, 1.807) is 0 Å². The molecule has 114 valence electrons. The molecule has 1 atom stereocenters. The van der Waals surface area contributed by atoms with Crippen molar-refractivity contribution in [2.75, 3.05) is 40.4 Å². The molecule has 0 aliphatic rings. The summed E-state index contributed by atoms with van der Waals surface area (Å²) in [6.45, 7) is 7.99. The van der Waals surface area contributed by atoms with Crippen molar-refractivity contribution in [3.63, 3.8) is 0 Å². The van der Waals surface area contributed by atoms with Gasteiger partial charge in [0.05, 0.1) is 13.2 Å². The summed E-state index contributed by atoms with van der Waals surface area (Å²) in [5, 5.41) is 3.62. The van der Waals surface area contributed by atoms with Gasteiger partial charge in [-0.25, -0.2) is 0 Å². The van der Waals surface area contributed by atoms with Crippen LogP contribution in [0.25, 0.3) is 0 Å². The Balaban J connectivity index is 2.31. The first-order chi connectivity index (χ1) is 9.59. The lowest BCUT2D eigenvalue weighted by molar-refractivity contribution is 0.117. The number of rotatable bonds is 10. The standard InChI is InChI=1S/C17H30N2O/c1-15(2)14-17(16-8-6-5-7-9-16)18-10-12-20-13-11-19(3)4/h5-9,15,17-18H,10-14H2,1-4H3. The SMILES string of the molecule is CC(C)CC(NCCOCCN(C)C)c1ccccc1. The monoisotopic (exact) mass is 278 g/mol. The maximum Gasteiger partial charge on any atom is 0.0593 e. The molecule has 0 radical (unpaired) electrons. The van der Waals surface area contributed by atoms with E-state index in [2.05, 4.69) is 68.5 Å². The summed E-state index contributed by atoms with van der Waals surface area (Å²) in [6, 6.07) is 11.1. The molecule has 0 saturated heterocycles. The highest BCUT2D eigenvalue weighted by Gasteiger charge is 2.12. The highest BCUT2D eigenvalue weighted by Crippen LogP contribution is 2.20. The van der Waals surface area contributed by atoms with Gasteiger partial charge < -0.3 is 15.0 Å². The van der Waals surface area contributed by atoms with E-state index in [9.17, 15) is 0 Å². The van der Waals surface area contributed by atoms with E-state index in [1.165, 1.54) is 5.56 Å². The Bertz CT molecular complexity index is 338. The van der Waals surface area contributed by atoms with Crippen LogP contribution in [-0.2, 0) is 4.74 Å². The number of hydrogen-bond donors (Lipinski definition) is 1. The van der Waals surface area contributed by atoms with Gasteiger partial charge in [0.15, 0.2) is 0 Å². The van der Waals surface area contributed by atoms with E-state index in [0.717, 1.165) is 32.7 Å². The van der Waals surface area contributed by atoms with Gasteiger partial charge >= 0.3 is 0 Å². The lowest BCUT2D eigenvalue weighted by Gasteiger charge is -2.21. The second kappa shape index (κ2) is 9.92. The summed E-state index contributed by atoms with van der Waals surface area (Å²) in [5.74, 6) is 0.683. The topological polar surface area (TPSA) is 24.5 Å². The van der Waals surface area contributed by atoms with E-state index >= 15 is 0 Å². The molecule has 1 rings (SSSR count). The second-order valence-electron chi connectivity index (χ2n) is 5.96. The lowest BCUT2D eigenvalue weighted by Crippen LogP contribution is -2.27. The van der Waals surface area contributed by atoms with Crippen LogP contribution in [0.2, 0.25) is 0 Å². The molecule has 0 fully saturated rings. The number of ether oxygens (including phenoxy) is 1. The number of hydrogen-bond acceptors (Lipinski definition) is 3. The predicted molar refractivity (Wildman–Crippen MR) is 86.0 cm³/mol. The molecule has 0 bridgehead atoms. The lowest BCUT2D eigenvalue weighted by atomic mass is 9.97. The molecule has 1 N–H and O–H groups in total. The minimum Gasteiger partial charge on any atom is -0.379 e. The number of nitrogens with one attached hydrogen (secondary N) is 1. The third-order valence-corrected chi connectivity index (χ3v) is 3.23. The van der Waals surface area contributed by atoms with Crippen LogP contribution in [0.3, 0.4) is 0 Å². The van der Waals surface area contributed by atoms with Gasteiger partial charge in [-0.15, -0.1) is 0 Å². The van der Waals surface area contributed by atoms with Gasteiger partial charge in [-0.1, -0.05) is 44.2 Å². The molecule has 3 heteroatoms. The van der Waals surface area contributed by atoms with Crippen molar-refractivity contribution in [1.82, 2.24) is 10.2 Å². The van der Waals surface area contributed by atoms with Crippen LogP contribution in [0.5, 0.6) is 0 Å². The molecule has 0 spiro atoms. The van der Waals surface area contributed by atoms with Crippen LogP contribution in [0.15, 0.2) is 30.3 Å². The van der Waals surface area contributed by atoms with Crippen LogP contribution in [0.1, 0.15) is 31.9 Å². The minimum absolute atomic E-state index is 0.425. The van der Waals surface area contributed by atoms with Gasteiger partial charge in [-0.05, 0) is 32.0 Å². The Kier molecular flexibility index (Phi) is 8.51. The summed E-state index contributed by atoms with van der Waals surface area (Å²) in [6.07, 6.45) is 1.15. The fraction of sp³-hybridized carbons (Fsp3) is 0.647. The molecule has 0 aliphatic heterocycles. The van der Waals surface area contributed by atoms with E-state index in [4.69, 9.17) is 4.74 Å². The molecule has 0 saturated carbocycles. The fourth-order valence-electron chi connectivity index (χ4n) is 2.15. The summed E-state index contributed by atoms with van der Waals surface area (Å²) < 4.78 is 5.63. The van der Waals surface area contributed by atoms with Crippen LogP contribution >= 0.6 is 0 Å². The molecule has 3 nitrogen and oxygen atoms in total. The minimum atomic E-state index is 0.425. The smallest absolute Gasteiger partial charge is 0.0593 e. The third kappa shape index (κ3) is 7.63. The Morgan fingerprint density at radius 2 is 1.80 bits per heavy atom.